The normalized spacial score (nSPS) is 20.5. The second-order valence-corrected chi connectivity index (χ2v) is 7.15. The summed E-state index contributed by atoms with van der Waals surface area (Å²) >= 11 is 0. The van der Waals surface area contributed by atoms with Crippen LogP contribution in [-0.2, 0) is 19.0 Å². The van der Waals surface area contributed by atoms with Crippen molar-refractivity contribution < 1.29 is 22.1 Å². The molecule has 1 aliphatic heterocycles. The molecule has 24 heavy (non-hydrogen) atoms. The Morgan fingerprint density at radius 3 is 2.42 bits per heavy atom. The molecule has 2 atom stereocenters. The quantitative estimate of drug-likeness (QED) is 0.841. The van der Waals surface area contributed by atoms with E-state index in [9.17, 15) is 13.2 Å². The molecule has 126 valence electrons. The van der Waals surface area contributed by atoms with Crippen molar-refractivity contribution in [3.8, 4) is 0 Å². The summed E-state index contributed by atoms with van der Waals surface area (Å²) in [7, 11) is -3.89. The molecule has 7 heteroatoms. The highest BCUT2D eigenvalue weighted by atomic mass is 32.2. The van der Waals surface area contributed by atoms with E-state index in [1.165, 1.54) is 12.1 Å². The van der Waals surface area contributed by atoms with Gasteiger partial charge in [0.15, 0.2) is 6.10 Å². The van der Waals surface area contributed by atoms with Crippen molar-refractivity contribution in [3.63, 3.8) is 0 Å². The van der Waals surface area contributed by atoms with E-state index in [2.05, 4.69) is 5.32 Å². The van der Waals surface area contributed by atoms with Gasteiger partial charge >= 0.3 is 6.09 Å². The average Bonchev–Trinajstić information content (AvgIpc) is 2.95. The lowest BCUT2D eigenvalue weighted by molar-refractivity contribution is 0.123. The Balaban J connectivity index is 1.72. The molecule has 2 aromatic carbocycles. The molecule has 1 amide bonds. The zero-order valence-corrected chi connectivity index (χ0v) is 13.8. The number of aryl methyl sites for hydroxylation is 1. The SMILES string of the molecule is Cc1ccc(S(=O)(=O)OC[C@H]2NC(=O)O[C@@H]2c2ccccc2)cc1. The van der Waals surface area contributed by atoms with Gasteiger partial charge in [0.1, 0.15) is 0 Å². The van der Waals surface area contributed by atoms with Crippen molar-refractivity contribution >= 4 is 16.2 Å². The third-order valence-corrected chi connectivity index (χ3v) is 5.04. The Kier molecular flexibility index (Phi) is 4.55. The standard InChI is InChI=1S/C17H17NO5S/c1-12-7-9-14(10-8-12)24(20,21)22-11-15-16(23-17(19)18-15)13-5-3-2-4-6-13/h2-10,15-16H,11H2,1H3,(H,18,19)/t15-,16-/m1/s1. The monoisotopic (exact) mass is 347 g/mol. The zero-order valence-electron chi connectivity index (χ0n) is 13.0. The van der Waals surface area contributed by atoms with Crippen LogP contribution in [0, 0.1) is 6.92 Å². The number of rotatable bonds is 5. The molecular weight excluding hydrogens is 330 g/mol. The minimum atomic E-state index is -3.89. The number of amides is 1. The van der Waals surface area contributed by atoms with Crippen molar-refractivity contribution in [2.75, 3.05) is 6.61 Å². The summed E-state index contributed by atoms with van der Waals surface area (Å²) in [5.41, 5.74) is 1.73. The second-order valence-electron chi connectivity index (χ2n) is 5.54. The number of hydrogen-bond acceptors (Lipinski definition) is 5. The number of benzene rings is 2. The molecule has 1 saturated heterocycles. The van der Waals surface area contributed by atoms with E-state index in [0.717, 1.165) is 11.1 Å². The first-order chi connectivity index (χ1) is 11.5. The summed E-state index contributed by atoms with van der Waals surface area (Å²) in [6.45, 7) is 1.66. The Labute approximate surface area is 140 Å². The first-order valence-corrected chi connectivity index (χ1v) is 8.85. The van der Waals surface area contributed by atoms with E-state index < -0.39 is 28.4 Å². The van der Waals surface area contributed by atoms with Gasteiger partial charge in [0.25, 0.3) is 10.1 Å². The lowest BCUT2D eigenvalue weighted by Crippen LogP contribution is -2.33. The molecule has 0 spiro atoms. The fourth-order valence-electron chi connectivity index (χ4n) is 2.47. The van der Waals surface area contributed by atoms with E-state index in [1.807, 2.05) is 37.3 Å². The number of cyclic esters (lactones) is 1. The van der Waals surface area contributed by atoms with Gasteiger partial charge in [0.05, 0.1) is 17.5 Å². The van der Waals surface area contributed by atoms with E-state index >= 15 is 0 Å². The van der Waals surface area contributed by atoms with Gasteiger partial charge in [0, 0.05) is 0 Å². The van der Waals surface area contributed by atoms with Gasteiger partial charge in [-0.2, -0.15) is 8.42 Å². The van der Waals surface area contributed by atoms with Crippen LogP contribution in [0.15, 0.2) is 59.5 Å². The maximum atomic E-state index is 12.2. The highest BCUT2D eigenvalue weighted by Crippen LogP contribution is 2.27. The Bertz CT molecular complexity index is 818. The predicted molar refractivity (Wildman–Crippen MR) is 86.9 cm³/mol. The fraction of sp³-hybridized carbons (Fsp3) is 0.235. The van der Waals surface area contributed by atoms with Crippen LogP contribution in [0.5, 0.6) is 0 Å². The van der Waals surface area contributed by atoms with Gasteiger partial charge in [-0.15, -0.1) is 0 Å². The van der Waals surface area contributed by atoms with Crippen molar-refractivity contribution in [2.24, 2.45) is 0 Å². The molecule has 0 unspecified atom stereocenters. The summed E-state index contributed by atoms with van der Waals surface area (Å²) in [5.74, 6) is 0. The molecule has 1 heterocycles. The summed E-state index contributed by atoms with van der Waals surface area (Å²) in [4.78, 5) is 11.6. The van der Waals surface area contributed by atoms with Crippen LogP contribution in [0.25, 0.3) is 0 Å². The van der Waals surface area contributed by atoms with Crippen LogP contribution in [-0.4, -0.2) is 27.2 Å². The third-order valence-electron chi connectivity index (χ3n) is 3.74. The minimum Gasteiger partial charge on any atom is -0.439 e. The number of hydrogen-bond donors (Lipinski definition) is 1. The molecule has 1 aliphatic rings. The molecule has 0 aromatic heterocycles. The number of ether oxygens (including phenoxy) is 1. The topological polar surface area (TPSA) is 81.7 Å². The molecule has 0 bridgehead atoms. The van der Waals surface area contributed by atoms with Crippen molar-refractivity contribution in [2.45, 2.75) is 24.0 Å². The maximum absolute atomic E-state index is 12.2. The molecule has 6 nitrogen and oxygen atoms in total. The van der Waals surface area contributed by atoms with E-state index in [-0.39, 0.29) is 11.5 Å². The summed E-state index contributed by atoms with van der Waals surface area (Å²) in [5, 5.41) is 2.58. The lowest BCUT2D eigenvalue weighted by atomic mass is 10.0. The molecule has 0 saturated carbocycles. The molecular formula is C17H17NO5S. The van der Waals surface area contributed by atoms with Crippen molar-refractivity contribution in [3.05, 3.63) is 65.7 Å². The first-order valence-electron chi connectivity index (χ1n) is 7.44. The molecule has 0 aliphatic carbocycles. The van der Waals surface area contributed by atoms with Crippen LogP contribution in [0.4, 0.5) is 4.79 Å². The second kappa shape index (κ2) is 6.62. The largest absolute Gasteiger partial charge is 0.439 e. The van der Waals surface area contributed by atoms with Crippen molar-refractivity contribution in [1.29, 1.82) is 0 Å². The highest BCUT2D eigenvalue weighted by molar-refractivity contribution is 7.86. The van der Waals surface area contributed by atoms with Crippen LogP contribution < -0.4 is 5.32 Å². The maximum Gasteiger partial charge on any atom is 0.408 e. The molecule has 1 N–H and O–H groups in total. The van der Waals surface area contributed by atoms with Crippen molar-refractivity contribution in [1.82, 2.24) is 5.32 Å². The fourth-order valence-corrected chi connectivity index (χ4v) is 3.40. The number of alkyl carbamates (subject to hydrolysis) is 1. The van der Waals surface area contributed by atoms with Gasteiger partial charge in [-0.3, -0.25) is 4.18 Å². The summed E-state index contributed by atoms with van der Waals surface area (Å²) in [6.07, 6.45) is -1.18. The molecule has 3 rings (SSSR count). The number of carbonyl (C=O) groups is 1. The van der Waals surface area contributed by atoms with Crippen LogP contribution >= 0.6 is 0 Å². The van der Waals surface area contributed by atoms with E-state index in [0.29, 0.717) is 0 Å². The average molecular weight is 347 g/mol. The van der Waals surface area contributed by atoms with Gasteiger partial charge in [-0.1, -0.05) is 48.0 Å². The van der Waals surface area contributed by atoms with Crippen LogP contribution in [0.2, 0.25) is 0 Å². The van der Waals surface area contributed by atoms with Crippen LogP contribution in [0.1, 0.15) is 17.2 Å². The Morgan fingerprint density at radius 2 is 1.75 bits per heavy atom. The lowest BCUT2D eigenvalue weighted by Gasteiger charge is -2.17. The molecule has 0 radical (unpaired) electrons. The minimum absolute atomic E-state index is 0.0783. The van der Waals surface area contributed by atoms with Gasteiger partial charge in [-0.05, 0) is 24.6 Å². The van der Waals surface area contributed by atoms with E-state index in [1.54, 1.807) is 12.1 Å². The summed E-state index contributed by atoms with van der Waals surface area (Å²) in [6, 6.07) is 14.9. The van der Waals surface area contributed by atoms with E-state index in [4.69, 9.17) is 8.92 Å². The zero-order chi connectivity index (χ0) is 17.2. The molecule has 1 fully saturated rings. The van der Waals surface area contributed by atoms with Gasteiger partial charge in [-0.25, -0.2) is 4.79 Å². The Hall–Kier alpha value is -2.38. The number of carbonyl (C=O) groups excluding carboxylic acids is 1. The molecule has 2 aromatic rings. The van der Waals surface area contributed by atoms with Crippen LogP contribution in [0.3, 0.4) is 0 Å². The first kappa shape index (κ1) is 16.5. The van der Waals surface area contributed by atoms with Gasteiger partial charge < -0.3 is 10.1 Å². The smallest absolute Gasteiger partial charge is 0.408 e. The Morgan fingerprint density at radius 1 is 1.08 bits per heavy atom. The van der Waals surface area contributed by atoms with Gasteiger partial charge in [0.2, 0.25) is 0 Å². The number of nitrogens with one attached hydrogen (secondary N) is 1. The third kappa shape index (κ3) is 3.58. The highest BCUT2D eigenvalue weighted by Gasteiger charge is 2.36. The summed E-state index contributed by atoms with van der Waals surface area (Å²) < 4.78 is 34.8. The predicted octanol–water partition coefficient (Wildman–Crippen LogP) is 2.55.